The molecule has 1 aromatic heterocycles. The number of carbonyl (C=O) groups excluding carboxylic acids is 1. The van der Waals surface area contributed by atoms with Gasteiger partial charge in [-0.2, -0.15) is 4.98 Å². The van der Waals surface area contributed by atoms with Gasteiger partial charge in [-0.05, 0) is 65.6 Å². The van der Waals surface area contributed by atoms with E-state index in [4.69, 9.17) is 24.6 Å². The second kappa shape index (κ2) is 15.4. The highest BCUT2D eigenvalue weighted by atomic mass is 16.5. The van der Waals surface area contributed by atoms with Crippen molar-refractivity contribution in [3.63, 3.8) is 0 Å². The van der Waals surface area contributed by atoms with Crippen molar-refractivity contribution in [1.29, 1.82) is 0 Å². The average molecular weight is 572 g/mol. The second-order valence-electron chi connectivity index (χ2n) is 11.6. The molecule has 0 unspecified atom stereocenters. The molecule has 1 aromatic carbocycles. The third-order valence-corrected chi connectivity index (χ3v) is 8.25. The molecule has 0 atom stereocenters. The van der Waals surface area contributed by atoms with Crippen LogP contribution >= 0.6 is 0 Å². The van der Waals surface area contributed by atoms with E-state index in [1.165, 1.54) is 0 Å². The smallest absolute Gasteiger partial charge is 0.243 e. The number of likely N-dealkylation sites (tertiary alicyclic amines) is 1. The summed E-state index contributed by atoms with van der Waals surface area (Å²) in [5.74, 6) is 2.63. The number of hydroxylamine groups is 1. The van der Waals surface area contributed by atoms with Crippen LogP contribution in [-0.2, 0) is 4.79 Å². The van der Waals surface area contributed by atoms with Crippen molar-refractivity contribution < 1.29 is 19.5 Å². The summed E-state index contributed by atoms with van der Waals surface area (Å²) in [6.07, 6.45) is 7.01. The zero-order chi connectivity index (χ0) is 29.2. The Labute approximate surface area is 244 Å². The number of methoxy groups -OCH3 is 1. The van der Waals surface area contributed by atoms with Crippen molar-refractivity contribution in [2.45, 2.75) is 77.3 Å². The molecule has 0 spiro atoms. The number of ether oxygens (including phenoxy) is 2. The van der Waals surface area contributed by atoms with Gasteiger partial charge in [0, 0.05) is 62.7 Å². The Hall–Kier alpha value is -2.89. The fourth-order valence-electron chi connectivity index (χ4n) is 5.63. The van der Waals surface area contributed by atoms with Crippen LogP contribution in [0.4, 0.5) is 11.8 Å². The fraction of sp³-hybridized carbons (Fsp3) is 0.700. The van der Waals surface area contributed by atoms with Gasteiger partial charge >= 0.3 is 0 Å². The number of likely N-dealkylation sites (N-methyl/N-ethyl adjacent to an activating group) is 1. The van der Waals surface area contributed by atoms with Crippen LogP contribution in [0, 0.1) is 0 Å². The maximum atomic E-state index is 11.2. The quantitative estimate of drug-likeness (QED) is 0.186. The Bertz CT molecular complexity index is 1120. The third-order valence-electron chi connectivity index (χ3n) is 8.25. The average Bonchev–Trinajstić information content (AvgIpc) is 3.20. The molecule has 2 fully saturated rings. The number of carbonyl (C=O) groups is 1. The van der Waals surface area contributed by atoms with Crippen LogP contribution in [0.1, 0.15) is 65.2 Å². The van der Waals surface area contributed by atoms with Crippen LogP contribution in [0.3, 0.4) is 0 Å². The molecular formula is C30H49N7O4. The predicted molar refractivity (Wildman–Crippen MR) is 162 cm³/mol. The number of unbranched alkanes of at least 4 members (excludes halogenated alkanes) is 3. The number of amides is 1. The van der Waals surface area contributed by atoms with Gasteiger partial charge in [0.15, 0.2) is 11.5 Å². The van der Waals surface area contributed by atoms with Gasteiger partial charge in [0.05, 0.1) is 19.2 Å². The van der Waals surface area contributed by atoms with Crippen molar-refractivity contribution in [2.24, 2.45) is 0 Å². The van der Waals surface area contributed by atoms with Crippen molar-refractivity contribution in [3.05, 3.63) is 12.1 Å². The Balaban J connectivity index is 1.52. The van der Waals surface area contributed by atoms with E-state index in [0.29, 0.717) is 36.6 Å². The van der Waals surface area contributed by atoms with Crippen LogP contribution in [0.2, 0.25) is 0 Å². The lowest BCUT2D eigenvalue weighted by Crippen LogP contribution is -2.42. The Morgan fingerprint density at radius 3 is 2.54 bits per heavy atom. The lowest BCUT2D eigenvalue weighted by molar-refractivity contribution is -0.129. The normalized spacial score (nSPS) is 17.6. The standard InChI is InChI=1S/C30H49N7O4/c1-22(2)36-15-11-23(12-16-36)31-29-24-20-26(40-4)27(41-19-8-6-5-7-10-28(38)34-39)21-25(24)32-30(33-29)37-14-9-13-35(3)17-18-37/h20-23,39H,5-19H2,1-4H3,(H,34,38)(H,31,32,33). The predicted octanol–water partition coefficient (Wildman–Crippen LogP) is 3.90. The Kier molecular flexibility index (Phi) is 11.6. The second-order valence-corrected chi connectivity index (χ2v) is 11.6. The maximum Gasteiger partial charge on any atom is 0.243 e. The van der Waals surface area contributed by atoms with E-state index in [-0.39, 0.29) is 5.91 Å². The van der Waals surface area contributed by atoms with Crippen molar-refractivity contribution in [1.82, 2.24) is 25.2 Å². The summed E-state index contributed by atoms with van der Waals surface area (Å²) in [5, 5.41) is 13.3. The number of fused-ring (bicyclic) bond motifs is 1. The topological polar surface area (TPSA) is 115 Å². The summed E-state index contributed by atoms with van der Waals surface area (Å²) in [4.78, 5) is 28.5. The SMILES string of the molecule is COc1cc2c(NC3CCN(C(C)C)CC3)nc(N3CCCN(C)CC3)nc2cc1OCCCCCCC(=O)NO. The van der Waals surface area contributed by atoms with E-state index in [9.17, 15) is 4.79 Å². The lowest BCUT2D eigenvalue weighted by atomic mass is 10.0. The molecular weight excluding hydrogens is 522 g/mol. The number of hydrogen-bond donors (Lipinski definition) is 3. The number of nitrogens with one attached hydrogen (secondary N) is 2. The highest BCUT2D eigenvalue weighted by molar-refractivity contribution is 5.93. The lowest BCUT2D eigenvalue weighted by Gasteiger charge is -2.35. The van der Waals surface area contributed by atoms with Crippen LogP contribution in [0.25, 0.3) is 10.9 Å². The molecule has 0 radical (unpaired) electrons. The molecule has 3 N–H and O–H groups in total. The largest absolute Gasteiger partial charge is 0.493 e. The van der Waals surface area contributed by atoms with Gasteiger partial charge < -0.3 is 29.5 Å². The third kappa shape index (κ3) is 8.80. The highest BCUT2D eigenvalue weighted by Gasteiger charge is 2.24. The van der Waals surface area contributed by atoms with Gasteiger partial charge in [-0.1, -0.05) is 12.8 Å². The minimum atomic E-state index is -0.342. The van der Waals surface area contributed by atoms with Crippen LogP contribution in [0.5, 0.6) is 11.5 Å². The van der Waals surface area contributed by atoms with Crippen molar-refractivity contribution in [3.8, 4) is 11.5 Å². The molecule has 2 aliphatic rings. The zero-order valence-electron chi connectivity index (χ0n) is 25.3. The fourth-order valence-corrected chi connectivity index (χ4v) is 5.63. The van der Waals surface area contributed by atoms with Crippen LogP contribution in [-0.4, -0.2) is 103 Å². The molecule has 228 valence electrons. The van der Waals surface area contributed by atoms with E-state index in [1.807, 2.05) is 12.1 Å². The van der Waals surface area contributed by atoms with E-state index < -0.39 is 0 Å². The number of hydrogen-bond acceptors (Lipinski definition) is 10. The summed E-state index contributed by atoms with van der Waals surface area (Å²) in [7, 11) is 3.83. The number of piperidine rings is 1. The molecule has 2 aromatic rings. The number of nitrogens with zero attached hydrogens (tertiary/aromatic N) is 5. The molecule has 0 aliphatic carbocycles. The summed E-state index contributed by atoms with van der Waals surface area (Å²) < 4.78 is 11.9. The Morgan fingerprint density at radius 2 is 1.80 bits per heavy atom. The molecule has 0 saturated carbocycles. The highest BCUT2D eigenvalue weighted by Crippen LogP contribution is 2.36. The summed E-state index contributed by atoms with van der Waals surface area (Å²) in [6.45, 7) is 11.1. The van der Waals surface area contributed by atoms with Gasteiger partial charge in [-0.3, -0.25) is 10.0 Å². The van der Waals surface area contributed by atoms with Crippen molar-refractivity contribution in [2.75, 3.05) is 70.2 Å². The molecule has 0 bridgehead atoms. The number of benzene rings is 1. The monoisotopic (exact) mass is 571 g/mol. The number of aromatic nitrogens is 2. The molecule has 1 amide bonds. The van der Waals surface area contributed by atoms with Gasteiger partial charge in [-0.15, -0.1) is 0 Å². The van der Waals surface area contributed by atoms with E-state index in [1.54, 1.807) is 12.6 Å². The minimum Gasteiger partial charge on any atom is -0.493 e. The van der Waals surface area contributed by atoms with Gasteiger partial charge in [0.1, 0.15) is 5.82 Å². The first-order valence-electron chi connectivity index (χ1n) is 15.3. The first-order valence-corrected chi connectivity index (χ1v) is 15.3. The summed E-state index contributed by atoms with van der Waals surface area (Å²) in [5.41, 5.74) is 2.53. The van der Waals surface area contributed by atoms with Crippen LogP contribution < -0.4 is 25.2 Å². The number of rotatable bonds is 13. The van der Waals surface area contributed by atoms with Crippen LogP contribution in [0.15, 0.2) is 12.1 Å². The van der Waals surface area contributed by atoms with E-state index in [2.05, 4.69) is 40.9 Å². The molecule has 41 heavy (non-hydrogen) atoms. The number of anilines is 2. The van der Waals surface area contributed by atoms with Gasteiger partial charge in [0.2, 0.25) is 11.9 Å². The molecule has 3 heterocycles. The first kappa shape index (κ1) is 31.1. The Morgan fingerprint density at radius 1 is 1.02 bits per heavy atom. The zero-order valence-corrected chi connectivity index (χ0v) is 25.3. The van der Waals surface area contributed by atoms with Gasteiger partial charge in [-0.25, -0.2) is 10.5 Å². The van der Waals surface area contributed by atoms with Crippen molar-refractivity contribution >= 4 is 28.6 Å². The van der Waals surface area contributed by atoms with E-state index >= 15 is 0 Å². The molecule has 11 heteroatoms. The summed E-state index contributed by atoms with van der Waals surface area (Å²) >= 11 is 0. The van der Waals surface area contributed by atoms with Gasteiger partial charge in [0.25, 0.3) is 0 Å². The molecule has 4 rings (SSSR count). The summed E-state index contributed by atoms with van der Waals surface area (Å²) in [6, 6.07) is 4.92. The van der Waals surface area contributed by atoms with E-state index in [0.717, 1.165) is 107 Å². The maximum absolute atomic E-state index is 11.2. The molecule has 2 aliphatic heterocycles. The first-order chi connectivity index (χ1) is 19.9. The minimum absolute atomic E-state index is 0.332. The molecule has 2 saturated heterocycles. The molecule has 11 nitrogen and oxygen atoms in total.